The van der Waals surface area contributed by atoms with Crippen LogP contribution < -0.4 is 4.74 Å². The Bertz CT molecular complexity index is 652. The highest BCUT2D eigenvalue weighted by Crippen LogP contribution is 2.24. The lowest BCUT2D eigenvalue weighted by Crippen LogP contribution is -2.07. The van der Waals surface area contributed by atoms with Crippen molar-refractivity contribution in [3.05, 3.63) is 46.2 Å². The van der Waals surface area contributed by atoms with Crippen molar-refractivity contribution in [2.45, 2.75) is 26.4 Å². The fourth-order valence-corrected chi connectivity index (χ4v) is 2.42. The predicted octanol–water partition coefficient (Wildman–Crippen LogP) is 2.84. The number of nitrogens with zero attached hydrogens (tertiary/aromatic N) is 2. The fourth-order valence-electron chi connectivity index (χ4n) is 2.08. The molecular weight excluding hydrogens is 292 g/mol. The maximum absolute atomic E-state index is 10.9. The second-order valence-electron chi connectivity index (χ2n) is 4.65. The van der Waals surface area contributed by atoms with Gasteiger partial charge in [0.1, 0.15) is 12.4 Å². The van der Waals surface area contributed by atoms with Crippen molar-refractivity contribution in [3.63, 3.8) is 0 Å². The Morgan fingerprint density at radius 2 is 2.14 bits per heavy atom. The zero-order chi connectivity index (χ0) is 15.4. The van der Waals surface area contributed by atoms with Gasteiger partial charge in [-0.1, -0.05) is 36.7 Å². The van der Waals surface area contributed by atoms with E-state index in [-0.39, 0.29) is 13.0 Å². The SMILES string of the molecule is CCc1nn(C)c(COc2ccccc2CC(=O)O)c1Cl. The van der Waals surface area contributed by atoms with E-state index in [1.54, 1.807) is 22.9 Å². The van der Waals surface area contributed by atoms with E-state index in [4.69, 9.17) is 21.4 Å². The molecule has 1 heterocycles. The number of hydrogen-bond donors (Lipinski definition) is 1. The summed E-state index contributed by atoms with van der Waals surface area (Å²) in [5, 5.41) is 13.8. The molecule has 2 rings (SSSR count). The summed E-state index contributed by atoms with van der Waals surface area (Å²) in [6.45, 7) is 2.24. The highest BCUT2D eigenvalue weighted by molar-refractivity contribution is 6.31. The summed E-state index contributed by atoms with van der Waals surface area (Å²) in [5.41, 5.74) is 2.24. The van der Waals surface area contributed by atoms with Gasteiger partial charge in [-0.3, -0.25) is 9.48 Å². The third kappa shape index (κ3) is 3.55. The van der Waals surface area contributed by atoms with E-state index in [1.807, 2.05) is 20.0 Å². The van der Waals surface area contributed by atoms with Crippen molar-refractivity contribution in [2.75, 3.05) is 0 Å². The van der Waals surface area contributed by atoms with Gasteiger partial charge in [-0.15, -0.1) is 0 Å². The van der Waals surface area contributed by atoms with E-state index < -0.39 is 5.97 Å². The number of ether oxygens (including phenoxy) is 1. The predicted molar refractivity (Wildman–Crippen MR) is 79.7 cm³/mol. The fraction of sp³-hybridized carbons (Fsp3) is 0.333. The minimum Gasteiger partial charge on any atom is -0.487 e. The molecule has 21 heavy (non-hydrogen) atoms. The molecule has 0 aliphatic heterocycles. The van der Waals surface area contributed by atoms with Gasteiger partial charge in [-0.25, -0.2) is 0 Å². The normalized spacial score (nSPS) is 10.6. The van der Waals surface area contributed by atoms with Crippen LogP contribution in [0, 0.1) is 0 Å². The highest BCUT2D eigenvalue weighted by atomic mass is 35.5. The molecule has 112 valence electrons. The van der Waals surface area contributed by atoms with Crippen LogP contribution in [0.4, 0.5) is 0 Å². The van der Waals surface area contributed by atoms with Crippen LogP contribution in [0.3, 0.4) is 0 Å². The zero-order valence-electron chi connectivity index (χ0n) is 12.0. The van der Waals surface area contributed by atoms with Crippen molar-refractivity contribution in [3.8, 4) is 5.75 Å². The van der Waals surface area contributed by atoms with Crippen molar-refractivity contribution < 1.29 is 14.6 Å². The smallest absolute Gasteiger partial charge is 0.307 e. The topological polar surface area (TPSA) is 64.4 Å². The highest BCUT2D eigenvalue weighted by Gasteiger charge is 2.14. The van der Waals surface area contributed by atoms with Crippen LogP contribution in [0.1, 0.15) is 23.9 Å². The third-order valence-corrected chi connectivity index (χ3v) is 3.62. The summed E-state index contributed by atoms with van der Waals surface area (Å²) >= 11 is 6.26. The Balaban J connectivity index is 2.17. The molecule has 0 fully saturated rings. The maximum Gasteiger partial charge on any atom is 0.307 e. The number of rotatable bonds is 6. The summed E-state index contributed by atoms with van der Waals surface area (Å²) in [5.74, 6) is -0.340. The number of carboxylic acid groups (broad SMARTS) is 1. The Morgan fingerprint density at radius 1 is 1.43 bits per heavy atom. The Labute approximate surface area is 128 Å². The number of carboxylic acids is 1. The minimum atomic E-state index is -0.891. The molecule has 0 radical (unpaired) electrons. The van der Waals surface area contributed by atoms with Crippen LogP contribution in [0.2, 0.25) is 5.02 Å². The molecule has 0 saturated carbocycles. The first-order valence-corrected chi connectivity index (χ1v) is 7.03. The van der Waals surface area contributed by atoms with E-state index in [0.717, 1.165) is 17.8 Å². The van der Waals surface area contributed by atoms with E-state index in [9.17, 15) is 4.79 Å². The summed E-state index contributed by atoms with van der Waals surface area (Å²) in [7, 11) is 1.81. The zero-order valence-corrected chi connectivity index (χ0v) is 12.7. The van der Waals surface area contributed by atoms with Gasteiger partial charge in [0.05, 0.1) is 22.8 Å². The molecule has 6 heteroatoms. The second kappa shape index (κ2) is 6.63. The first-order chi connectivity index (χ1) is 10.0. The minimum absolute atomic E-state index is 0.0739. The van der Waals surface area contributed by atoms with Gasteiger partial charge < -0.3 is 9.84 Å². The average molecular weight is 309 g/mol. The number of para-hydroxylation sites is 1. The third-order valence-electron chi connectivity index (χ3n) is 3.18. The van der Waals surface area contributed by atoms with E-state index in [1.165, 1.54) is 0 Å². The molecule has 0 amide bonds. The van der Waals surface area contributed by atoms with Gasteiger partial charge in [0, 0.05) is 12.6 Å². The molecule has 1 aromatic carbocycles. The lowest BCUT2D eigenvalue weighted by Gasteiger charge is -2.10. The first-order valence-electron chi connectivity index (χ1n) is 6.65. The molecule has 1 aromatic heterocycles. The Hall–Kier alpha value is -2.01. The number of benzene rings is 1. The molecule has 0 spiro atoms. The van der Waals surface area contributed by atoms with Crippen LogP contribution in [0.15, 0.2) is 24.3 Å². The van der Waals surface area contributed by atoms with Gasteiger partial charge >= 0.3 is 5.97 Å². The molecular formula is C15H17ClN2O3. The van der Waals surface area contributed by atoms with Crippen LogP contribution in [-0.2, 0) is 31.3 Å². The van der Waals surface area contributed by atoms with Crippen LogP contribution in [-0.4, -0.2) is 20.9 Å². The standard InChI is InChI=1S/C15H17ClN2O3/c1-3-11-15(16)12(18(2)17-11)9-21-13-7-5-4-6-10(13)8-14(19)20/h4-7H,3,8-9H2,1-2H3,(H,19,20). The number of aryl methyl sites for hydroxylation is 2. The van der Waals surface area contributed by atoms with Crippen LogP contribution in [0.25, 0.3) is 0 Å². The first kappa shape index (κ1) is 15.4. The van der Waals surface area contributed by atoms with E-state index in [2.05, 4.69) is 5.10 Å². The average Bonchev–Trinajstić information content (AvgIpc) is 2.72. The number of aliphatic carboxylic acids is 1. The van der Waals surface area contributed by atoms with Crippen molar-refractivity contribution in [1.82, 2.24) is 9.78 Å². The molecule has 0 bridgehead atoms. The van der Waals surface area contributed by atoms with Crippen molar-refractivity contribution in [1.29, 1.82) is 0 Å². The molecule has 0 atom stereocenters. The number of halogens is 1. The van der Waals surface area contributed by atoms with E-state index >= 15 is 0 Å². The monoisotopic (exact) mass is 308 g/mol. The molecule has 1 N–H and O–H groups in total. The van der Waals surface area contributed by atoms with Gasteiger partial charge in [0.25, 0.3) is 0 Å². The largest absolute Gasteiger partial charge is 0.487 e. The quantitative estimate of drug-likeness (QED) is 0.891. The Kier molecular flexibility index (Phi) is 4.85. The van der Waals surface area contributed by atoms with Crippen LogP contribution in [0.5, 0.6) is 5.75 Å². The van der Waals surface area contributed by atoms with Gasteiger partial charge in [-0.05, 0) is 12.5 Å². The molecule has 2 aromatic rings. The summed E-state index contributed by atoms with van der Waals surface area (Å²) < 4.78 is 7.43. The van der Waals surface area contributed by atoms with Crippen molar-refractivity contribution >= 4 is 17.6 Å². The second-order valence-corrected chi connectivity index (χ2v) is 5.03. The maximum atomic E-state index is 10.9. The molecule has 5 nitrogen and oxygen atoms in total. The summed E-state index contributed by atoms with van der Waals surface area (Å²) in [4.78, 5) is 10.9. The lowest BCUT2D eigenvalue weighted by molar-refractivity contribution is -0.136. The van der Waals surface area contributed by atoms with Crippen molar-refractivity contribution in [2.24, 2.45) is 7.05 Å². The van der Waals surface area contributed by atoms with Gasteiger partial charge in [0.15, 0.2) is 0 Å². The van der Waals surface area contributed by atoms with Gasteiger partial charge in [-0.2, -0.15) is 5.10 Å². The summed E-state index contributed by atoms with van der Waals surface area (Å²) in [6, 6.07) is 7.09. The lowest BCUT2D eigenvalue weighted by atomic mass is 10.1. The summed E-state index contributed by atoms with van der Waals surface area (Å²) in [6.07, 6.45) is 0.678. The molecule has 0 unspecified atom stereocenters. The molecule has 0 aliphatic rings. The van der Waals surface area contributed by atoms with Crippen LogP contribution >= 0.6 is 11.6 Å². The molecule has 0 saturated heterocycles. The number of carbonyl (C=O) groups is 1. The van der Waals surface area contributed by atoms with Gasteiger partial charge in [0.2, 0.25) is 0 Å². The molecule has 0 aliphatic carbocycles. The number of hydrogen-bond acceptors (Lipinski definition) is 3. The number of aromatic nitrogens is 2. The Morgan fingerprint density at radius 3 is 2.76 bits per heavy atom. The van der Waals surface area contributed by atoms with E-state index in [0.29, 0.717) is 16.3 Å².